The number of pyridine rings is 1. The zero-order valence-corrected chi connectivity index (χ0v) is 15.0. The van der Waals surface area contributed by atoms with Crippen molar-refractivity contribution in [1.29, 1.82) is 0 Å². The molecule has 3 rings (SSSR count). The minimum Gasteiger partial charge on any atom is -0.368 e. The summed E-state index contributed by atoms with van der Waals surface area (Å²) in [4.78, 5) is 40.3. The first-order valence-electron chi connectivity index (χ1n) is 8.73. The summed E-state index contributed by atoms with van der Waals surface area (Å²) in [6, 6.07) is 18.1. The molecule has 140 valence electrons. The molecule has 0 spiro atoms. The summed E-state index contributed by atoms with van der Waals surface area (Å²) in [6.07, 6.45) is 3.22. The van der Waals surface area contributed by atoms with E-state index in [-0.39, 0.29) is 12.2 Å². The highest BCUT2D eigenvalue weighted by atomic mass is 16.2. The van der Waals surface area contributed by atoms with Gasteiger partial charge in [0.05, 0.1) is 0 Å². The lowest BCUT2D eigenvalue weighted by atomic mass is 9.99. The van der Waals surface area contributed by atoms with Crippen molar-refractivity contribution in [3.63, 3.8) is 0 Å². The molecule has 0 unspecified atom stereocenters. The highest BCUT2D eigenvalue weighted by Gasteiger charge is 2.19. The van der Waals surface area contributed by atoms with Crippen LogP contribution in [-0.4, -0.2) is 28.6 Å². The standard InChI is InChI=1S/C22H19N3O3/c23-21(27)19(25-22(28)18-10-12-24-13-11-18)14-15-6-8-17(9-7-15)20(26)16-4-2-1-3-5-16/h1-13,19H,14H2,(H2,23,27)(H,25,28)/t19-/m1/s1. The van der Waals surface area contributed by atoms with Crippen molar-refractivity contribution in [1.82, 2.24) is 10.3 Å². The maximum atomic E-state index is 12.5. The molecule has 0 aliphatic heterocycles. The van der Waals surface area contributed by atoms with E-state index in [0.717, 1.165) is 5.56 Å². The fourth-order valence-corrected chi connectivity index (χ4v) is 2.75. The van der Waals surface area contributed by atoms with Gasteiger partial charge in [-0.15, -0.1) is 0 Å². The van der Waals surface area contributed by atoms with Crippen molar-refractivity contribution in [3.8, 4) is 0 Å². The molecule has 0 saturated heterocycles. The number of nitrogens with one attached hydrogen (secondary N) is 1. The van der Waals surface area contributed by atoms with E-state index in [0.29, 0.717) is 16.7 Å². The number of carbonyl (C=O) groups excluding carboxylic acids is 3. The molecule has 28 heavy (non-hydrogen) atoms. The van der Waals surface area contributed by atoms with E-state index in [1.807, 2.05) is 18.2 Å². The van der Waals surface area contributed by atoms with Crippen LogP contribution in [0.1, 0.15) is 31.8 Å². The maximum Gasteiger partial charge on any atom is 0.252 e. The molecule has 0 aliphatic carbocycles. The summed E-state index contributed by atoms with van der Waals surface area (Å²) in [5, 5.41) is 2.64. The molecule has 0 aliphatic rings. The van der Waals surface area contributed by atoms with Crippen LogP contribution in [0.3, 0.4) is 0 Å². The van der Waals surface area contributed by atoms with E-state index in [2.05, 4.69) is 10.3 Å². The second kappa shape index (κ2) is 8.73. The van der Waals surface area contributed by atoms with Crippen LogP contribution < -0.4 is 11.1 Å². The van der Waals surface area contributed by atoms with Crippen LogP contribution in [0.5, 0.6) is 0 Å². The predicted molar refractivity (Wildman–Crippen MR) is 105 cm³/mol. The van der Waals surface area contributed by atoms with Crippen LogP contribution in [0.25, 0.3) is 0 Å². The molecule has 0 radical (unpaired) electrons. The zero-order valence-electron chi connectivity index (χ0n) is 15.0. The normalized spacial score (nSPS) is 11.4. The molecule has 3 N–H and O–H groups in total. The average Bonchev–Trinajstić information content (AvgIpc) is 2.74. The number of hydrogen-bond acceptors (Lipinski definition) is 4. The number of benzene rings is 2. The molecule has 6 heteroatoms. The number of hydrogen-bond donors (Lipinski definition) is 2. The summed E-state index contributed by atoms with van der Waals surface area (Å²) in [5.41, 5.74) is 7.77. The fraction of sp³-hybridized carbons (Fsp3) is 0.0909. The summed E-state index contributed by atoms with van der Waals surface area (Å²) in [7, 11) is 0. The van der Waals surface area contributed by atoms with Crippen molar-refractivity contribution in [2.24, 2.45) is 5.73 Å². The molecule has 1 heterocycles. The summed E-state index contributed by atoms with van der Waals surface area (Å²) >= 11 is 0. The Labute approximate surface area is 162 Å². The summed E-state index contributed by atoms with van der Waals surface area (Å²) in [6.45, 7) is 0. The first-order chi connectivity index (χ1) is 13.5. The molecule has 6 nitrogen and oxygen atoms in total. The van der Waals surface area contributed by atoms with Crippen LogP contribution >= 0.6 is 0 Å². The van der Waals surface area contributed by atoms with Gasteiger partial charge in [-0.3, -0.25) is 19.4 Å². The Bertz CT molecular complexity index is 971. The number of amides is 2. The number of ketones is 1. The smallest absolute Gasteiger partial charge is 0.252 e. The lowest BCUT2D eigenvalue weighted by molar-refractivity contribution is -0.119. The first kappa shape index (κ1) is 19.0. The minimum absolute atomic E-state index is 0.0791. The van der Waals surface area contributed by atoms with Gasteiger partial charge in [-0.1, -0.05) is 54.6 Å². The Balaban J connectivity index is 1.69. The largest absolute Gasteiger partial charge is 0.368 e. The summed E-state index contributed by atoms with van der Waals surface area (Å²) in [5.74, 6) is -1.11. The number of nitrogens with zero attached hydrogens (tertiary/aromatic N) is 1. The van der Waals surface area contributed by atoms with Gasteiger partial charge in [-0.25, -0.2) is 0 Å². The Hall–Kier alpha value is -3.80. The molecular weight excluding hydrogens is 354 g/mol. The minimum atomic E-state index is -0.864. The van der Waals surface area contributed by atoms with Crippen molar-refractivity contribution in [2.75, 3.05) is 0 Å². The van der Waals surface area contributed by atoms with Crippen molar-refractivity contribution >= 4 is 17.6 Å². The highest BCUT2D eigenvalue weighted by Crippen LogP contribution is 2.12. The Kier molecular flexibility index (Phi) is 5.91. The van der Waals surface area contributed by atoms with Gasteiger partial charge in [0.15, 0.2) is 5.78 Å². The lowest BCUT2D eigenvalue weighted by Gasteiger charge is -2.16. The third-order valence-electron chi connectivity index (χ3n) is 4.28. The van der Waals surface area contributed by atoms with E-state index in [1.54, 1.807) is 48.5 Å². The number of carbonyl (C=O) groups is 3. The van der Waals surface area contributed by atoms with E-state index in [4.69, 9.17) is 5.73 Å². The maximum absolute atomic E-state index is 12.5. The SMILES string of the molecule is NC(=O)[C@@H](Cc1ccc(C(=O)c2ccccc2)cc1)NC(=O)c1ccncc1. The van der Waals surface area contributed by atoms with E-state index >= 15 is 0 Å². The van der Waals surface area contributed by atoms with E-state index in [1.165, 1.54) is 12.4 Å². The molecule has 2 amide bonds. The first-order valence-corrected chi connectivity index (χ1v) is 8.73. The highest BCUT2D eigenvalue weighted by molar-refractivity contribution is 6.08. The van der Waals surface area contributed by atoms with Gasteiger partial charge in [0.2, 0.25) is 5.91 Å². The second-order valence-electron chi connectivity index (χ2n) is 6.26. The number of rotatable bonds is 7. The lowest BCUT2D eigenvalue weighted by Crippen LogP contribution is -2.45. The molecular formula is C22H19N3O3. The van der Waals surface area contributed by atoms with Crippen molar-refractivity contribution < 1.29 is 14.4 Å². The third kappa shape index (κ3) is 4.67. The molecule has 2 aromatic carbocycles. The molecule has 3 aromatic rings. The molecule has 1 atom stereocenters. The van der Waals surface area contributed by atoms with Crippen LogP contribution in [-0.2, 0) is 11.2 Å². The Morgan fingerprint density at radius 2 is 1.43 bits per heavy atom. The van der Waals surface area contributed by atoms with E-state index < -0.39 is 17.9 Å². The van der Waals surface area contributed by atoms with Crippen molar-refractivity contribution in [2.45, 2.75) is 12.5 Å². The van der Waals surface area contributed by atoms with Crippen LogP contribution in [0, 0.1) is 0 Å². The average molecular weight is 373 g/mol. The second-order valence-corrected chi connectivity index (χ2v) is 6.26. The van der Waals surface area contributed by atoms with Crippen molar-refractivity contribution in [3.05, 3.63) is 101 Å². The third-order valence-corrected chi connectivity index (χ3v) is 4.28. The van der Waals surface area contributed by atoms with Gasteiger partial charge in [0.1, 0.15) is 6.04 Å². The monoisotopic (exact) mass is 373 g/mol. The van der Waals surface area contributed by atoms with Gasteiger partial charge in [0, 0.05) is 35.5 Å². The van der Waals surface area contributed by atoms with Gasteiger partial charge in [-0.05, 0) is 17.7 Å². The van der Waals surface area contributed by atoms with E-state index in [9.17, 15) is 14.4 Å². The summed E-state index contributed by atoms with van der Waals surface area (Å²) < 4.78 is 0. The van der Waals surface area contributed by atoms with Crippen LogP contribution in [0.15, 0.2) is 79.1 Å². The number of aromatic nitrogens is 1. The quantitative estimate of drug-likeness (QED) is 0.619. The fourth-order valence-electron chi connectivity index (χ4n) is 2.75. The van der Waals surface area contributed by atoms with Crippen LogP contribution in [0.2, 0.25) is 0 Å². The Morgan fingerprint density at radius 1 is 0.821 bits per heavy atom. The predicted octanol–water partition coefficient (Wildman–Crippen LogP) is 2.14. The Morgan fingerprint density at radius 3 is 2.04 bits per heavy atom. The molecule has 0 fully saturated rings. The van der Waals surface area contributed by atoms with Gasteiger partial charge >= 0.3 is 0 Å². The molecule has 0 bridgehead atoms. The topological polar surface area (TPSA) is 102 Å². The van der Waals surface area contributed by atoms with Gasteiger partial charge in [-0.2, -0.15) is 0 Å². The molecule has 0 saturated carbocycles. The number of primary amides is 1. The van der Waals surface area contributed by atoms with Crippen LogP contribution in [0.4, 0.5) is 0 Å². The van der Waals surface area contributed by atoms with Gasteiger partial charge < -0.3 is 11.1 Å². The number of nitrogens with two attached hydrogens (primary N) is 1. The molecule has 1 aromatic heterocycles. The van der Waals surface area contributed by atoms with Gasteiger partial charge in [0.25, 0.3) is 5.91 Å². The zero-order chi connectivity index (χ0) is 19.9.